The molecule has 0 aliphatic carbocycles. The minimum atomic E-state index is -0.380. The van der Waals surface area contributed by atoms with Gasteiger partial charge in [0, 0.05) is 31.7 Å². The topological polar surface area (TPSA) is 65.9 Å². The number of aromatic nitrogens is 1. The molecule has 0 radical (unpaired) electrons. The quantitative estimate of drug-likeness (QED) is 0.678. The number of hydrogen-bond donors (Lipinski definition) is 1. The summed E-state index contributed by atoms with van der Waals surface area (Å²) in [5.74, 6) is 0.659. The number of likely N-dealkylation sites (tertiary alicyclic amines) is 2. The third-order valence-corrected chi connectivity index (χ3v) is 6.81. The number of benzene rings is 2. The highest BCUT2D eigenvalue weighted by atomic mass is 32.1. The van der Waals surface area contributed by atoms with Crippen molar-refractivity contribution < 1.29 is 14.6 Å². The van der Waals surface area contributed by atoms with Crippen molar-refractivity contribution in [1.82, 2.24) is 14.8 Å². The van der Waals surface area contributed by atoms with Gasteiger partial charge in [0.15, 0.2) is 0 Å². The van der Waals surface area contributed by atoms with E-state index in [1.165, 1.54) is 5.56 Å². The molecule has 2 fully saturated rings. The molecule has 7 heteroatoms. The lowest BCUT2D eigenvalue weighted by atomic mass is 10.1. The molecule has 5 rings (SSSR count). The number of hydrogen-bond acceptors (Lipinski definition) is 6. The van der Waals surface area contributed by atoms with Gasteiger partial charge in [0.05, 0.1) is 10.2 Å². The van der Waals surface area contributed by atoms with Crippen LogP contribution in [0.4, 0.5) is 0 Å². The second-order valence-electron chi connectivity index (χ2n) is 7.69. The molecule has 1 N–H and O–H groups in total. The second-order valence-corrected chi connectivity index (χ2v) is 8.68. The predicted octanol–water partition coefficient (Wildman–Crippen LogP) is 2.91. The molecule has 6 nitrogen and oxygen atoms in total. The smallest absolute Gasteiger partial charge is 0.279 e. The number of ether oxygens (including phenoxy) is 1. The second kappa shape index (κ2) is 7.74. The van der Waals surface area contributed by atoms with Gasteiger partial charge < -0.3 is 14.7 Å². The number of nitrogens with zero attached hydrogens (tertiary/aromatic N) is 3. The molecule has 0 spiro atoms. The van der Waals surface area contributed by atoms with Crippen LogP contribution in [-0.4, -0.2) is 64.1 Å². The van der Waals surface area contributed by atoms with Crippen LogP contribution in [0.3, 0.4) is 0 Å². The van der Waals surface area contributed by atoms with Gasteiger partial charge in [-0.15, -0.1) is 0 Å². The molecular weight excluding hydrogens is 386 g/mol. The number of rotatable bonds is 6. The summed E-state index contributed by atoms with van der Waals surface area (Å²) >= 11 is 1.55. The Kier molecular flexibility index (Phi) is 4.95. The SMILES string of the molecule is O=C(CO)N1C[C@H]2C[C@H]1CN2CCc1ccc(Oc2nc3ccccc3s2)cc1. The zero-order chi connectivity index (χ0) is 19.8. The molecule has 2 aliphatic rings. The summed E-state index contributed by atoms with van der Waals surface area (Å²) in [5, 5.41) is 9.74. The van der Waals surface area contributed by atoms with Crippen molar-refractivity contribution in [1.29, 1.82) is 0 Å². The number of para-hydroxylation sites is 1. The average Bonchev–Trinajstić information content (AvgIpc) is 3.46. The third kappa shape index (κ3) is 3.73. The standard InChI is InChI=1S/C22H23N3O3S/c26-14-21(27)25-13-16-11-17(25)12-24(16)10-9-15-5-7-18(8-6-15)28-22-23-19-3-1-2-4-20(19)29-22/h1-8,16-17,26H,9-14H2/t16-,17+/m1/s1. The molecule has 2 atom stereocenters. The lowest BCUT2D eigenvalue weighted by molar-refractivity contribution is -0.136. The maximum Gasteiger partial charge on any atom is 0.279 e. The van der Waals surface area contributed by atoms with E-state index >= 15 is 0 Å². The molecule has 3 heterocycles. The first-order valence-electron chi connectivity index (χ1n) is 9.96. The lowest BCUT2D eigenvalue weighted by Crippen LogP contribution is -2.49. The average molecular weight is 410 g/mol. The molecule has 1 aromatic heterocycles. The van der Waals surface area contributed by atoms with Crippen LogP contribution in [0.25, 0.3) is 10.2 Å². The largest absolute Gasteiger partial charge is 0.431 e. The van der Waals surface area contributed by atoms with Gasteiger partial charge in [-0.05, 0) is 42.7 Å². The number of aliphatic hydroxyl groups is 1. The Bertz CT molecular complexity index is 987. The van der Waals surface area contributed by atoms with Gasteiger partial charge in [0.2, 0.25) is 5.91 Å². The molecular formula is C22H23N3O3S. The van der Waals surface area contributed by atoms with E-state index in [1.54, 1.807) is 11.3 Å². The van der Waals surface area contributed by atoms with E-state index < -0.39 is 0 Å². The van der Waals surface area contributed by atoms with Gasteiger partial charge in [0.25, 0.3) is 5.19 Å². The van der Waals surface area contributed by atoms with E-state index in [0.29, 0.717) is 11.2 Å². The molecule has 0 saturated carbocycles. The summed E-state index contributed by atoms with van der Waals surface area (Å²) in [4.78, 5) is 20.6. The molecule has 2 aliphatic heterocycles. The number of carbonyl (C=O) groups excluding carboxylic acids is 1. The normalized spacial score (nSPS) is 21.2. The van der Waals surface area contributed by atoms with Crippen LogP contribution in [-0.2, 0) is 11.2 Å². The Morgan fingerprint density at radius 1 is 1.14 bits per heavy atom. The van der Waals surface area contributed by atoms with Crippen LogP contribution in [0.5, 0.6) is 10.9 Å². The van der Waals surface area contributed by atoms with E-state index in [9.17, 15) is 4.79 Å². The van der Waals surface area contributed by atoms with Crippen molar-refractivity contribution in [3.05, 3.63) is 54.1 Å². The fraction of sp³-hybridized carbons (Fsp3) is 0.364. The number of fused-ring (bicyclic) bond motifs is 3. The van der Waals surface area contributed by atoms with Crippen molar-refractivity contribution >= 4 is 27.5 Å². The molecule has 3 aromatic rings. The third-order valence-electron chi connectivity index (χ3n) is 5.90. The first-order chi connectivity index (χ1) is 14.2. The van der Waals surface area contributed by atoms with Crippen LogP contribution in [0.2, 0.25) is 0 Å². The van der Waals surface area contributed by atoms with Gasteiger partial charge in [-0.2, -0.15) is 0 Å². The summed E-state index contributed by atoms with van der Waals surface area (Å²) in [7, 11) is 0. The van der Waals surface area contributed by atoms with Crippen LogP contribution in [0, 0.1) is 0 Å². The fourth-order valence-corrected chi connectivity index (χ4v) is 5.25. The van der Waals surface area contributed by atoms with Crippen molar-refractivity contribution in [3.8, 4) is 10.9 Å². The highest BCUT2D eigenvalue weighted by Crippen LogP contribution is 2.32. The van der Waals surface area contributed by atoms with E-state index in [4.69, 9.17) is 9.84 Å². The minimum Gasteiger partial charge on any atom is -0.431 e. The first-order valence-corrected chi connectivity index (χ1v) is 10.8. The van der Waals surface area contributed by atoms with Crippen molar-refractivity contribution in [2.45, 2.75) is 24.9 Å². The summed E-state index contributed by atoms with van der Waals surface area (Å²) in [6.45, 7) is 2.27. The zero-order valence-electron chi connectivity index (χ0n) is 16.0. The number of amides is 1. The molecule has 2 aromatic carbocycles. The molecule has 2 bridgehead atoms. The van der Waals surface area contributed by atoms with Crippen LogP contribution in [0.1, 0.15) is 12.0 Å². The molecule has 29 heavy (non-hydrogen) atoms. The van der Waals surface area contributed by atoms with Crippen LogP contribution >= 0.6 is 11.3 Å². The lowest BCUT2D eigenvalue weighted by Gasteiger charge is -2.34. The zero-order valence-corrected chi connectivity index (χ0v) is 16.8. The summed E-state index contributed by atoms with van der Waals surface area (Å²) in [5.41, 5.74) is 2.23. The Morgan fingerprint density at radius 3 is 2.69 bits per heavy atom. The number of thiazole rings is 1. The Hall–Kier alpha value is -2.48. The maximum atomic E-state index is 11.7. The highest BCUT2D eigenvalue weighted by molar-refractivity contribution is 7.20. The van der Waals surface area contributed by atoms with Gasteiger partial charge in [-0.3, -0.25) is 9.69 Å². The Morgan fingerprint density at radius 2 is 1.97 bits per heavy atom. The van der Waals surface area contributed by atoms with Crippen LogP contribution in [0.15, 0.2) is 48.5 Å². The highest BCUT2D eigenvalue weighted by Gasteiger charge is 2.44. The van der Waals surface area contributed by atoms with Crippen molar-refractivity contribution in [3.63, 3.8) is 0 Å². The van der Waals surface area contributed by atoms with E-state index in [0.717, 1.165) is 48.4 Å². The fourth-order valence-electron chi connectivity index (χ4n) is 4.41. The molecule has 0 unspecified atom stereocenters. The molecule has 2 saturated heterocycles. The number of piperazine rings is 1. The monoisotopic (exact) mass is 409 g/mol. The van der Waals surface area contributed by atoms with Gasteiger partial charge in [0.1, 0.15) is 12.4 Å². The van der Waals surface area contributed by atoms with E-state index in [2.05, 4.69) is 22.0 Å². The van der Waals surface area contributed by atoms with Crippen molar-refractivity contribution in [2.24, 2.45) is 0 Å². The van der Waals surface area contributed by atoms with E-state index in [1.807, 2.05) is 41.3 Å². The summed E-state index contributed by atoms with van der Waals surface area (Å²) in [6.07, 6.45) is 2.00. The van der Waals surface area contributed by atoms with E-state index in [-0.39, 0.29) is 18.6 Å². The number of carbonyl (C=O) groups is 1. The van der Waals surface area contributed by atoms with Gasteiger partial charge in [-0.25, -0.2) is 4.98 Å². The van der Waals surface area contributed by atoms with Gasteiger partial charge in [-0.1, -0.05) is 35.6 Å². The van der Waals surface area contributed by atoms with Gasteiger partial charge >= 0.3 is 0 Å². The van der Waals surface area contributed by atoms with Crippen molar-refractivity contribution in [2.75, 3.05) is 26.2 Å². The van der Waals surface area contributed by atoms with Crippen LogP contribution < -0.4 is 4.74 Å². The molecule has 150 valence electrons. The molecule has 1 amide bonds. The predicted molar refractivity (Wildman–Crippen MR) is 112 cm³/mol. The Balaban J connectivity index is 1.15. The Labute approximate surface area is 173 Å². The maximum absolute atomic E-state index is 11.7. The summed E-state index contributed by atoms with van der Waals surface area (Å²) in [6, 6.07) is 16.9. The summed E-state index contributed by atoms with van der Waals surface area (Å²) < 4.78 is 7.04. The number of aliphatic hydroxyl groups excluding tert-OH is 1. The first kappa shape index (κ1) is 18.5. The minimum absolute atomic E-state index is 0.138.